The Kier molecular flexibility index (Phi) is 2.89. The van der Waals surface area contributed by atoms with Crippen LogP contribution >= 0.6 is 0 Å². The van der Waals surface area contributed by atoms with Crippen LogP contribution in [0.2, 0.25) is 0 Å². The number of hydrogen-bond donors (Lipinski definition) is 1. The zero-order valence-corrected chi connectivity index (χ0v) is 9.14. The number of nitrogens with zero attached hydrogens (tertiary/aromatic N) is 3. The molecule has 1 saturated heterocycles. The lowest BCUT2D eigenvalue weighted by Crippen LogP contribution is -2.21. The predicted molar refractivity (Wildman–Crippen MR) is 59.2 cm³/mol. The molecule has 0 aliphatic carbocycles. The molecule has 2 heterocycles. The van der Waals surface area contributed by atoms with Crippen LogP contribution in [0.5, 0.6) is 0 Å². The highest BCUT2D eigenvalue weighted by molar-refractivity contribution is 5.93. The number of nitrogens with two attached hydrogens (primary N) is 1. The van der Waals surface area contributed by atoms with E-state index in [1.165, 1.54) is 13.3 Å². The molecule has 0 atom stereocenters. The van der Waals surface area contributed by atoms with Crippen LogP contribution in [0.25, 0.3) is 0 Å². The van der Waals surface area contributed by atoms with Crippen molar-refractivity contribution >= 4 is 17.7 Å². The molecule has 0 saturated carbocycles. The highest BCUT2D eigenvalue weighted by Gasteiger charge is 2.18. The summed E-state index contributed by atoms with van der Waals surface area (Å²) in [6.45, 7) is 1.88. The van der Waals surface area contributed by atoms with E-state index in [-0.39, 0.29) is 11.4 Å². The maximum atomic E-state index is 11.3. The number of methoxy groups -OCH3 is 1. The van der Waals surface area contributed by atoms with Gasteiger partial charge in [-0.1, -0.05) is 0 Å². The topological polar surface area (TPSA) is 81.3 Å². The fourth-order valence-corrected chi connectivity index (χ4v) is 1.72. The van der Waals surface area contributed by atoms with Gasteiger partial charge in [-0.3, -0.25) is 0 Å². The molecule has 2 N–H and O–H groups in total. The van der Waals surface area contributed by atoms with Crippen molar-refractivity contribution in [2.45, 2.75) is 12.8 Å². The van der Waals surface area contributed by atoms with Crippen LogP contribution in [0.1, 0.15) is 23.2 Å². The monoisotopic (exact) mass is 222 g/mol. The molecule has 16 heavy (non-hydrogen) atoms. The molecule has 0 radical (unpaired) electrons. The number of carbonyl (C=O) groups is 1. The Bertz CT molecular complexity index is 402. The molecule has 1 aromatic rings. The third-order valence-corrected chi connectivity index (χ3v) is 2.60. The highest BCUT2D eigenvalue weighted by Crippen LogP contribution is 2.18. The van der Waals surface area contributed by atoms with Crippen molar-refractivity contribution in [3.05, 3.63) is 11.8 Å². The molecule has 6 heteroatoms. The van der Waals surface area contributed by atoms with Crippen LogP contribution in [0, 0.1) is 0 Å². The predicted octanol–water partition coefficient (Wildman–Crippen LogP) is 0.446. The zero-order chi connectivity index (χ0) is 11.5. The van der Waals surface area contributed by atoms with Gasteiger partial charge < -0.3 is 15.4 Å². The van der Waals surface area contributed by atoms with Crippen molar-refractivity contribution < 1.29 is 9.53 Å². The van der Waals surface area contributed by atoms with E-state index in [2.05, 4.69) is 19.6 Å². The van der Waals surface area contributed by atoms with Gasteiger partial charge in [0.25, 0.3) is 0 Å². The molecule has 1 aliphatic rings. The SMILES string of the molecule is COC(=O)c1cnc(N2CCCC2)nc1N. The molecule has 86 valence electrons. The van der Waals surface area contributed by atoms with Gasteiger partial charge in [-0.2, -0.15) is 4.98 Å². The summed E-state index contributed by atoms with van der Waals surface area (Å²) in [6, 6.07) is 0. The van der Waals surface area contributed by atoms with Gasteiger partial charge in [0, 0.05) is 19.3 Å². The summed E-state index contributed by atoms with van der Waals surface area (Å²) >= 11 is 0. The highest BCUT2D eigenvalue weighted by atomic mass is 16.5. The molecule has 1 aliphatic heterocycles. The molecule has 1 aromatic heterocycles. The van der Waals surface area contributed by atoms with Crippen LogP contribution in [0.3, 0.4) is 0 Å². The quantitative estimate of drug-likeness (QED) is 0.731. The molecular formula is C10H14N4O2. The Balaban J connectivity index is 2.25. The Morgan fingerprint density at radius 3 is 2.75 bits per heavy atom. The number of anilines is 2. The first-order valence-corrected chi connectivity index (χ1v) is 5.18. The van der Waals surface area contributed by atoms with Crippen LogP contribution in [-0.2, 0) is 4.74 Å². The lowest BCUT2D eigenvalue weighted by Gasteiger charge is -2.15. The Labute approximate surface area is 93.4 Å². The maximum absolute atomic E-state index is 11.3. The second kappa shape index (κ2) is 4.34. The fourth-order valence-electron chi connectivity index (χ4n) is 1.72. The summed E-state index contributed by atoms with van der Waals surface area (Å²) in [4.78, 5) is 21.6. The van der Waals surface area contributed by atoms with Crippen molar-refractivity contribution in [3.63, 3.8) is 0 Å². The minimum absolute atomic E-state index is 0.170. The Morgan fingerprint density at radius 2 is 2.19 bits per heavy atom. The number of esters is 1. The van der Waals surface area contributed by atoms with Gasteiger partial charge in [0.15, 0.2) is 0 Å². The molecule has 0 aromatic carbocycles. The Morgan fingerprint density at radius 1 is 1.50 bits per heavy atom. The fraction of sp³-hybridized carbons (Fsp3) is 0.500. The van der Waals surface area contributed by atoms with Gasteiger partial charge in [-0.05, 0) is 12.8 Å². The maximum Gasteiger partial charge on any atom is 0.343 e. The van der Waals surface area contributed by atoms with E-state index in [0.717, 1.165) is 25.9 Å². The van der Waals surface area contributed by atoms with E-state index < -0.39 is 5.97 Å². The largest absolute Gasteiger partial charge is 0.465 e. The number of rotatable bonds is 2. The van der Waals surface area contributed by atoms with E-state index in [0.29, 0.717) is 5.95 Å². The van der Waals surface area contributed by atoms with Crippen molar-refractivity contribution in [1.29, 1.82) is 0 Å². The van der Waals surface area contributed by atoms with E-state index >= 15 is 0 Å². The molecule has 0 amide bonds. The van der Waals surface area contributed by atoms with Gasteiger partial charge in [-0.25, -0.2) is 9.78 Å². The first kappa shape index (κ1) is 10.7. The Hall–Kier alpha value is -1.85. The molecule has 6 nitrogen and oxygen atoms in total. The summed E-state index contributed by atoms with van der Waals surface area (Å²) in [5.41, 5.74) is 5.90. The zero-order valence-electron chi connectivity index (χ0n) is 9.14. The van der Waals surface area contributed by atoms with Crippen LogP contribution < -0.4 is 10.6 Å². The molecule has 2 rings (SSSR count). The van der Waals surface area contributed by atoms with E-state index in [4.69, 9.17) is 5.73 Å². The summed E-state index contributed by atoms with van der Waals surface area (Å²) in [5, 5.41) is 0. The average molecular weight is 222 g/mol. The first-order valence-electron chi connectivity index (χ1n) is 5.18. The van der Waals surface area contributed by atoms with Gasteiger partial charge >= 0.3 is 5.97 Å². The standard InChI is InChI=1S/C10H14N4O2/c1-16-9(15)7-6-12-10(13-8(7)11)14-4-2-3-5-14/h6H,2-5H2,1H3,(H2,11,12,13). The second-order valence-electron chi connectivity index (χ2n) is 3.65. The number of aromatic nitrogens is 2. The van der Waals surface area contributed by atoms with Gasteiger partial charge in [0.1, 0.15) is 11.4 Å². The van der Waals surface area contributed by atoms with Gasteiger partial charge in [-0.15, -0.1) is 0 Å². The van der Waals surface area contributed by atoms with E-state index in [9.17, 15) is 4.79 Å². The minimum atomic E-state index is -0.509. The van der Waals surface area contributed by atoms with Gasteiger partial charge in [0.2, 0.25) is 5.95 Å². The lowest BCUT2D eigenvalue weighted by molar-refractivity contribution is 0.0601. The molecule has 0 bridgehead atoms. The van der Waals surface area contributed by atoms with Crippen LogP contribution in [0.15, 0.2) is 6.20 Å². The van der Waals surface area contributed by atoms with Crippen molar-refractivity contribution in [2.24, 2.45) is 0 Å². The normalized spacial score (nSPS) is 15.2. The van der Waals surface area contributed by atoms with Crippen molar-refractivity contribution in [1.82, 2.24) is 9.97 Å². The summed E-state index contributed by atoms with van der Waals surface area (Å²) in [5.74, 6) is 0.247. The molecule has 1 fully saturated rings. The average Bonchev–Trinajstić information content (AvgIpc) is 2.81. The van der Waals surface area contributed by atoms with Crippen molar-refractivity contribution in [2.75, 3.05) is 30.8 Å². The molecule has 0 spiro atoms. The second-order valence-corrected chi connectivity index (χ2v) is 3.65. The van der Waals surface area contributed by atoms with E-state index in [1.807, 2.05) is 0 Å². The third kappa shape index (κ3) is 1.91. The summed E-state index contributed by atoms with van der Waals surface area (Å²) in [7, 11) is 1.30. The van der Waals surface area contributed by atoms with Crippen LogP contribution in [-0.4, -0.2) is 36.1 Å². The lowest BCUT2D eigenvalue weighted by atomic mass is 10.3. The number of carbonyl (C=O) groups excluding carboxylic acids is 1. The number of nitrogen functional groups attached to an aromatic ring is 1. The first-order chi connectivity index (χ1) is 7.72. The van der Waals surface area contributed by atoms with Crippen LogP contribution in [0.4, 0.5) is 11.8 Å². The summed E-state index contributed by atoms with van der Waals surface area (Å²) in [6.07, 6.45) is 3.70. The molecule has 0 unspecified atom stereocenters. The molecular weight excluding hydrogens is 208 g/mol. The van der Waals surface area contributed by atoms with Crippen molar-refractivity contribution in [3.8, 4) is 0 Å². The minimum Gasteiger partial charge on any atom is -0.465 e. The van der Waals surface area contributed by atoms with Gasteiger partial charge in [0.05, 0.1) is 7.11 Å². The smallest absolute Gasteiger partial charge is 0.343 e. The third-order valence-electron chi connectivity index (χ3n) is 2.60. The summed E-state index contributed by atoms with van der Waals surface area (Å²) < 4.78 is 4.57. The number of hydrogen-bond acceptors (Lipinski definition) is 6. The number of ether oxygens (including phenoxy) is 1. The van der Waals surface area contributed by atoms with E-state index in [1.54, 1.807) is 0 Å².